The van der Waals surface area contributed by atoms with E-state index in [1.165, 1.54) is 18.2 Å². The molecule has 0 radical (unpaired) electrons. The molecular weight excluding hydrogens is 1050 g/mol. The maximum absolute atomic E-state index is 11.9. The number of hydrogen-bond acceptors (Lipinski definition) is 13. The van der Waals surface area contributed by atoms with Gasteiger partial charge in [0.1, 0.15) is 30.4 Å². The zero-order valence-corrected chi connectivity index (χ0v) is 44.9. The van der Waals surface area contributed by atoms with E-state index < -0.39 is 72.6 Å². The van der Waals surface area contributed by atoms with Gasteiger partial charge in [0, 0.05) is 42.6 Å². The molecule has 0 saturated carbocycles. The number of nitrogens with zero attached hydrogens (tertiary/aromatic N) is 2. The first kappa shape index (κ1) is 54.0. The first-order valence-corrected chi connectivity index (χ1v) is 23.3. The van der Waals surface area contributed by atoms with E-state index in [2.05, 4.69) is 0 Å². The Hall–Kier alpha value is 0.970. The molecule has 0 bridgehead atoms. The Morgan fingerprint density at radius 3 is 1.93 bits per heavy atom. The van der Waals surface area contributed by atoms with Crippen LogP contribution in [0.3, 0.4) is 0 Å². The second-order valence-corrected chi connectivity index (χ2v) is 21.1. The average Bonchev–Trinajstić information content (AvgIpc) is 3.30. The molecule has 4 rings (SSSR count). The normalized spacial score (nSPS) is 17.6. The van der Waals surface area contributed by atoms with Crippen LogP contribution in [0.25, 0.3) is 0 Å². The molecule has 0 N–H and O–H groups in total. The summed E-state index contributed by atoms with van der Waals surface area (Å²) in [6.07, 6.45) is 10.2. The third-order valence-electron chi connectivity index (χ3n) is 8.77. The van der Waals surface area contributed by atoms with Crippen molar-refractivity contribution in [1.82, 2.24) is 0 Å². The molecule has 0 fully saturated rings. The Labute approximate surface area is 416 Å². The van der Waals surface area contributed by atoms with Crippen molar-refractivity contribution in [3.8, 4) is 0 Å². The average molecular weight is 1080 g/mol. The smallest absolute Gasteiger partial charge is 0.748 e. The van der Waals surface area contributed by atoms with Crippen LogP contribution < -0.4 is 93.6 Å². The summed E-state index contributed by atoms with van der Waals surface area (Å²) in [6.45, 7) is 8.45. The maximum Gasteiger partial charge on any atom is 1.00 e. The standard InChI is InChI=1S/C32H36I2N2O12S4.3Na/c1-20(8-6-10-27-31(2,3)21-18-26(52(46,47)48)22(33)19-24(21)36(27)15-17-50(40,41)42)9-7-11-28-32(4,5)29-23(35(28)14-16-49(37,38)39)12-13-25(30(29)34)51(43,44)45;;;/h6-13,18-19H,14-17H2,1-5H3,(H3-,37,38,39,40,41,42,43,44,45,46,47,48);;;/q;3*+1/p-3/i33-4,34-3;;;. The van der Waals surface area contributed by atoms with Gasteiger partial charge in [-0.05, 0) is 95.8 Å². The molecule has 2 aromatic carbocycles. The summed E-state index contributed by atoms with van der Waals surface area (Å²) >= 11 is 3.50. The fourth-order valence-corrected chi connectivity index (χ4v) is 11.5. The van der Waals surface area contributed by atoms with Crippen molar-refractivity contribution in [2.24, 2.45) is 0 Å². The van der Waals surface area contributed by atoms with E-state index >= 15 is 0 Å². The molecule has 0 aromatic heterocycles. The van der Waals surface area contributed by atoms with E-state index in [-0.39, 0.29) is 109 Å². The van der Waals surface area contributed by atoms with Crippen molar-refractivity contribution in [2.75, 3.05) is 29.5 Å². The summed E-state index contributed by atoms with van der Waals surface area (Å²) in [4.78, 5) is 0.781. The number of halogens is 2. The van der Waals surface area contributed by atoms with E-state index in [4.69, 9.17) is 0 Å². The number of rotatable bonds is 12. The van der Waals surface area contributed by atoms with Gasteiger partial charge in [-0.3, -0.25) is 0 Å². The van der Waals surface area contributed by atoms with Crippen LogP contribution in [0.1, 0.15) is 45.7 Å². The van der Waals surface area contributed by atoms with Crippen molar-refractivity contribution in [3.63, 3.8) is 0 Å². The third-order valence-corrected chi connectivity index (χ3v) is 14.6. The molecule has 55 heavy (non-hydrogen) atoms. The topological polar surface area (TPSA) is 235 Å². The number of allylic oxidation sites excluding steroid dienone is 8. The largest absolute Gasteiger partial charge is 1.00 e. The predicted octanol–water partition coefficient (Wildman–Crippen LogP) is -5.08. The van der Waals surface area contributed by atoms with Gasteiger partial charge in [-0.1, -0.05) is 43.7 Å². The minimum absolute atomic E-state index is 0. The van der Waals surface area contributed by atoms with Gasteiger partial charge in [0.25, 0.3) is 0 Å². The molecule has 2 aromatic rings. The van der Waals surface area contributed by atoms with E-state index in [1.54, 1.807) is 126 Å². The van der Waals surface area contributed by atoms with Gasteiger partial charge in [-0.2, -0.15) is 4.58 Å². The first-order chi connectivity index (χ1) is 23.6. The van der Waals surface area contributed by atoms with Gasteiger partial charge in [0.2, 0.25) is 5.69 Å². The number of anilines is 1. The van der Waals surface area contributed by atoms with Crippen LogP contribution in [-0.2, 0) is 51.3 Å². The predicted molar refractivity (Wildman–Crippen MR) is 207 cm³/mol. The molecular formula is C32H33I2N2Na3O12S4. The third kappa shape index (κ3) is 12.8. The van der Waals surface area contributed by atoms with E-state index in [1.807, 2.05) is 0 Å². The van der Waals surface area contributed by atoms with E-state index in [9.17, 15) is 51.9 Å². The Kier molecular flexibility index (Phi) is 19.4. The molecule has 0 spiro atoms. The first-order valence-electron chi connectivity index (χ1n) is 15.2. The van der Waals surface area contributed by atoms with Crippen molar-refractivity contribution in [2.45, 2.75) is 55.2 Å². The summed E-state index contributed by atoms with van der Waals surface area (Å²) in [5.41, 5.74) is 1.85. The van der Waals surface area contributed by atoms with Crippen LogP contribution in [0, 0.1) is 7.14 Å². The van der Waals surface area contributed by atoms with Gasteiger partial charge in [-0.15, -0.1) is 0 Å². The maximum atomic E-state index is 11.9. The van der Waals surface area contributed by atoms with Crippen molar-refractivity contribution in [1.29, 1.82) is 0 Å². The molecule has 2 heterocycles. The van der Waals surface area contributed by atoms with Crippen LogP contribution in [0.4, 0.5) is 11.4 Å². The van der Waals surface area contributed by atoms with Gasteiger partial charge in [0.15, 0.2) is 12.3 Å². The molecule has 0 aliphatic carbocycles. The van der Waals surface area contributed by atoms with Crippen LogP contribution in [0.15, 0.2) is 81.8 Å². The second-order valence-electron chi connectivity index (χ2n) is 13.1. The summed E-state index contributed by atoms with van der Waals surface area (Å²) in [5.74, 6) is -1.45. The Bertz CT molecular complexity index is 2460. The number of fused-ring (bicyclic) bond motifs is 2. The quantitative estimate of drug-likeness (QED) is 0.0638. The fourth-order valence-electron chi connectivity index (χ4n) is 6.34. The van der Waals surface area contributed by atoms with Crippen molar-refractivity contribution in [3.05, 3.63) is 90.3 Å². The van der Waals surface area contributed by atoms with Gasteiger partial charge in [-0.25, -0.2) is 33.7 Å². The molecule has 14 nitrogen and oxygen atoms in total. The molecule has 0 unspecified atom stereocenters. The minimum Gasteiger partial charge on any atom is -0.748 e. The van der Waals surface area contributed by atoms with Crippen molar-refractivity contribution < 1.29 is 145 Å². The molecule has 0 amide bonds. The van der Waals surface area contributed by atoms with Crippen molar-refractivity contribution >= 4 is 103 Å². The molecule has 0 saturated heterocycles. The van der Waals surface area contributed by atoms with E-state index in [0.29, 0.717) is 39.5 Å². The molecule has 0 atom stereocenters. The minimum atomic E-state index is -4.82. The fraction of sp³-hybridized carbons (Fsp3) is 0.344. The molecule has 2 aliphatic heterocycles. The van der Waals surface area contributed by atoms with Crippen LogP contribution in [0.5, 0.6) is 0 Å². The number of hydrogen-bond donors (Lipinski definition) is 0. The van der Waals surface area contributed by atoms with Gasteiger partial charge >= 0.3 is 88.7 Å². The van der Waals surface area contributed by atoms with Crippen LogP contribution in [0.2, 0.25) is 0 Å². The Morgan fingerprint density at radius 2 is 1.40 bits per heavy atom. The molecule has 2 aliphatic rings. The summed E-state index contributed by atoms with van der Waals surface area (Å²) in [6, 6.07) is 5.32. The summed E-state index contributed by atoms with van der Waals surface area (Å²) < 4.78 is 143. The van der Waals surface area contributed by atoms with Gasteiger partial charge in [0.05, 0.1) is 42.4 Å². The molecule has 284 valence electrons. The Balaban J connectivity index is 0.00000504. The van der Waals surface area contributed by atoms with Gasteiger partial charge < -0.3 is 23.1 Å². The van der Waals surface area contributed by atoms with Crippen LogP contribution >= 0.6 is 45.2 Å². The second kappa shape index (κ2) is 19.8. The van der Waals surface area contributed by atoms with E-state index in [0.717, 1.165) is 6.07 Å². The summed E-state index contributed by atoms with van der Waals surface area (Å²) in [7, 11) is -18.9. The zero-order valence-electron chi connectivity index (χ0n) is 31.3. The van der Waals surface area contributed by atoms with Crippen LogP contribution in [-0.4, -0.2) is 86.8 Å². The Morgan fingerprint density at radius 1 is 0.836 bits per heavy atom. The molecule has 23 heteroatoms. The monoisotopic (exact) mass is 1080 g/mol. The number of benzene rings is 2. The zero-order chi connectivity index (χ0) is 39.4. The SMILES string of the molecule is CC(/C=C/C=C1/N(CCS(=O)(=O)[O-])c2cc([123I])c(S(=O)(=O)[O-])cc2C1(C)C)=C\C=C\C1=[N+](CCS(=O)(=O)[O-])c2ccc(S(=O)(=O)[O-])c([124I])c2C1(C)C.[Na+].[Na+].[Na+]. The summed E-state index contributed by atoms with van der Waals surface area (Å²) in [5, 5.41) is 0.